The van der Waals surface area contributed by atoms with Crippen molar-refractivity contribution in [3.8, 4) is 0 Å². The molecule has 0 rings (SSSR count). The average molecular weight is 246 g/mol. The van der Waals surface area contributed by atoms with Gasteiger partial charge in [-0.25, -0.2) is 0 Å². The number of carbonyl (C=O) groups excluding carboxylic acids is 1. The third-order valence-electron chi connectivity index (χ3n) is 2.77. The van der Waals surface area contributed by atoms with E-state index >= 15 is 0 Å². The molecule has 0 aliphatic heterocycles. The van der Waals surface area contributed by atoms with E-state index in [9.17, 15) is 4.79 Å². The molecule has 0 saturated carbocycles. The van der Waals surface area contributed by atoms with Gasteiger partial charge in [-0.1, -0.05) is 13.8 Å². The van der Waals surface area contributed by atoms with Gasteiger partial charge in [0.25, 0.3) is 0 Å². The SMILES string of the molecule is CCN(CC)CCCC(C)NC(=O)C(C)S. The second-order valence-electron chi connectivity index (χ2n) is 4.25. The number of carbonyl (C=O) groups is 1. The Hall–Kier alpha value is -0.220. The molecule has 0 aliphatic carbocycles. The molecule has 0 fully saturated rings. The Kier molecular flexibility index (Phi) is 8.76. The van der Waals surface area contributed by atoms with Gasteiger partial charge in [0.2, 0.25) is 5.91 Å². The van der Waals surface area contributed by atoms with E-state index < -0.39 is 0 Å². The van der Waals surface area contributed by atoms with E-state index in [1.807, 2.05) is 0 Å². The summed E-state index contributed by atoms with van der Waals surface area (Å²) in [6.45, 7) is 11.5. The Labute approximate surface area is 105 Å². The topological polar surface area (TPSA) is 32.3 Å². The van der Waals surface area contributed by atoms with Crippen LogP contribution < -0.4 is 5.32 Å². The molecular formula is C12H26N2OS. The number of hydrogen-bond acceptors (Lipinski definition) is 3. The first-order valence-electron chi connectivity index (χ1n) is 6.22. The van der Waals surface area contributed by atoms with Crippen molar-refractivity contribution in [2.45, 2.75) is 51.8 Å². The van der Waals surface area contributed by atoms with Gasteiger partial charge in [-0.05, 0) is 46.3 Å². The van der Waals surface area contributed by atoms with Crippen molar-refractivity contribution >= 4 is 18.5 Å². The summed E-state index contributed by atoms with van der Waals surface area (Å²) < 4.78 is 0. The molecule has 0 heterocycles. The van der Waals surface area contributed by atoms with Gasteiger partial charge in [0.05, 0.1) is 5.25 Å². The minimum absolute atomic E-state index is 0.0265. The number of rotatable bonds is 8. The maximum absolute atomic E-state index is 11.4. The summed E-state index contributed by atoms with van der Waals surface area (Å²) in [7, 11) is 0. The van der Waals surface area contributed by atoms with E-state index in [1.54, 1.807) is 6.92 Å². The Morgan fingerprint density at radius 3 is 2.31 bits per heavy atom. The van der Waals surface area contributed by atoms with E-state index in [2.05, 4.69) is 43.6 Å². The first kappa shape index (κ1) is 15.8. The maximum atomic E-state index is 11.4. The molecule has 96 valence electrons. The highest BCUT2D eigenvalue weighted by molar-refractivity contribution is 7.81. The van der Waals surface area contributed by atoms with Crippen molar-refractivity contribution < 1.29 is 4.79 Å². The lowest BCUT2D eigenvalue weighted by molar-refractivity contribution is -0.120. The van der Waals surface area contributed by atoms with Crippen LogP contribution in [0.25, 0.3) is 0 Å². The molecule has 4 heteroatoms. The first-order chi connectivity index (χ1) is 7.51. The molecule has 1 N–H and O–H groups in total. The molecule has 0 aromatic rings. The van der Waals surface area contributed by atoms with Gasteiger partial charge in [0.15, 0.2) is 0 Å². The summed E-state index contributed by atoms with van der Waals surface area (Å²) in [4.78, 5) is 13.8. The van der Waals surface area contributed by atoms with Crippen LogP contribution in [0.5, 0.6) is 0 Å². The second-order valence-corrected chi connectivity index (χ2v) is 5.03. The summed E-state index contributed by atoms with van der Waals surface area (Å²) in [6, 6.07) is 0.248. The minimum Gasteiger partial charge on any atom is -0.353 e. The highest BCUT2D eigenvalue weighted by Gasteiger charge is 2.11. The molecule has 2 atom stereocenters. The maximum Gasteiger partial charge on any atom is 0.232 e. The third-order valence-corrected chi connectivity index (χ3v) is 3.01. The molecule has 0 radical (unpaired) electrons. The summed E-state index contributed by atoms with van der Waals surface area (Å²) in [5.41, 5.74) is 0. The summed E-state index contributed by atoms with van der Waals surface area (Å²) in [6.07, 6.45) is 2.16. The molecular weight excluding hydrogens is 220 g/mol. The zero-order chi connectivity index (χ0) is 12.6. The van der Waals surface area contributed by atoms with E-state index in [0.29, 0.717) is 0 Å². The fraction of sp³-hybridized carbons (Fsp3) is 0.917. The summed E-state index contributed by atoms with van der Waals surface area (Å²) in [5, 5.41) is 2.74. The standard InChI is InChI=1S/C12H26N2OS/c1-5-14(6-2)9-7-8-10(3)13-12(15)11(4)16/h10-11,16H,5-9H2,1-4H3,(H,13,15). The van der Waals surface area contributed by atoms with E-state index in [0.717, 1.165) is 32.5 Å². The Morgan fingerprint density at radius 2 is 1.88 bits per heavy atom. The van der Waals surface area contributed by atoms with Crippen LogP contribution in [-0.2, 0) is 4.79 Å². The normalized spacial score (nSPS) is 14.9. The fourth-order valence-corrected chi connectivity index (χ4v) is 1.67. The van der Waals surface area contributed by atoms with Crippen LogP contribution in [0.1, 0.15) is 40.5 Å². The second kappa shape index (κ2) is 8.88. The first-order valence-corrected chi connectivity index (χ1v) is 6.73. The number of nitrogens with one attached hydrogen (secondary N) is 1. The van der Waals surface area contributed by atoms with Gasteiger partial charge in [-0.15, -0.1) is 0 Å². The molecule has 0 aromatic carbocycles. The van der Waals surface area contributed by atoms with Crippen LogP contribution in [0, 0.1) is 0 Å². The zero-order valence-corrected chi connectivity index (χ0v) is 11.9. The largest absolute Gasteiger partial charge is 0.353 e. The highest BCUT2D eigenvalue weighted by atomic mass is 32.1. The Bertz CT molecular complexity index is 193. The van der Waals surface area contributed by atoms with Gasteiger partial charge >= 0.3 is 0 Å². The lowest BCUT2D eigenvalue weighted by atomic mass is 10.1. The number of thiol groups is 1. The van der Waals surface area contributed by atoms with Gasteiger partial charge < -0.3 is 10.2 Å². The fourth-order valence-electron chi connectivity index (χ4n) is 1.60. The molecule has 0 aliphatic rings. The average Bonchev–Trinajstić information content (AvgIpc) is 2.24. The van der Waals surface area contributed by atoms with Crippen LogP contribution in [0.15, 0.2) is 0 Å². The quantitative estimate of drug-likeness (QED) is 0.642. The van der Waals surface area contributed by atoms with Crippen LogP contribution >= 0.6 is 12.6 Å². The number of nitrogens with zero attached hydrogens (tertiary/aromatic N) is 1. The predicted molar refractivity (Wildman–Crippen MR) is 73.1 cm³/mol. The lowest BCUT2D eigenvalue weighted by Gasteiger charge is -2.20. The van der Waals surface area contributed by atoms with Gasteiger partial charge in [0, 0.05) is 6.04 Å². The van der Waals surface area contributed by atoms with Crippen molar-refractivity contribution in [2.24, 2.45) is 0 Å². The van der Waals surface area contributed by atoms with E-state index in [4.69, 9.17) is 0 Å². The van der Waals surface area contributed by atoms with Crippen LogP contribution in [0.2, 0.25) is 0 Å². The monoisotopic (exact) mass is 246 g/mol. The third kappa shape index (κ3) is 7.12. The van der Waals surface area contributed by atoms with Gasteiger partial charge in [0.1, 0.15) is 0 Å². The molecule has 0 spiro atoms. The van der Waals surface area contributed by atoms with Crippen molar-refractivity contribution in [3.05, 3.63) is 0 Å². The Morgan fingerprint density at radius 1 is 1.31 bits per heavy atom. The molecule has 16 heavy (non-hydrogen) atoms. The smallest absolute Gasteiger partial charge is 0.232 e. The molecule has 0 saturated heterocycles. The van der Waals surface area contributed by atoms with E-state index in [-0.39, 0.29) is 17.2 Å². The summed E-state index contributed by atoms with van der Waals surface area (Å²) >= 11 is 4.10. The van der Waals surface area contributed by atoms with Crippen molar-refractivity contribution in [2.75, 3.05) is 19.6 Å². The summed E-state index contributed by atoms with van der Waals surface area (Å²) in [5.74, 6) is 0.0265. The lowest BCUT2D eigenvalue weighted by Crippen LogP contribution is -2.37. The molecule has 3 nitrogen and oxygen atoms in total. The molecule has 1 amide bonds. The van der Waals surface area contributed by atoms with Crippen molar-refractivity contribution in [1.82, 2.24) is 10.2 Å². The van der Waals surface area contributed by atoms with E-state index in [1.165, 1.54) is 0 Å². The number of hydrogen-bond donors (Lipinski definition) is 2. The Balaban J connectivity index is 3.65. The van der Waals surface area contributed by atoms with Crippen molar-refractivity contribution in [3.63, 3.8) is 0 Å². The van der Waals surface area contributed by atoms with Crippen molar-refractivity contribution in [1.29, 1.82) is 0 Å². The van der Waals surface area contributed by atoms with Gasteiger partial charge in [-0.3, -0.25) is 4.79 Å². The minimum atomic E-state index is -0.217. The predicted octanol–water partition coefficient (Wildman–Crippen LogP) is 1.93. The number of amides is 1. The molecule has 2 unspecified atom stereocenters. The molecule has 0 bridgehead atoms. The highest BCUT2D eigenvalue weighted by Crippen LogP contribution is 2.01. The molecule has 0 aromatic heterocycles. The zero-order valence-electron chi connectivity index (χ0n) is 11.0. The van der Waals surface area contributed by atoms with Crippen LogP contribution in [0.4, 0.5) is 0 Å². The van der Waals surface area contributed by atoms with Gasteiger partial charge in [-0.2, -0.15) is 12.6 Å². The van der Waals surface area contributed by atoms with Crippen LogP contribution in [-0.4, -0.2) is 41.7 Å². The van der Waals surface area contributed by atoms with Crippen LogP contribution in [0.3, 0.4) is 0 Å².